The van der Waals surface area contributed by atoms with E-state index in [0.717, 1.165) is 17.6 Å². The summed E-state index contributed by atoms with van der Waals surface area (Å²) in [7, 11) is 0. The molecule has 1 aromatic heterocycles. The van der Waals surface area contributed by atoms with Gasteiger partial charge in [-0.15, -0.1) is 0 Å². The van der Waals surface area contributed by atoms with Gasteiger partial charge in [0, 0.05) is 28.2 Å². The van der Waals surface area contributed by atoms with Crippen LogP contribution in [-0.2, 0) is 0 Å². The van der Waals surface area contributed by atoms with E-state index in [0.29, 0.717) is 0 Å². The van der Waals surface area contributed by atoms with E-state index >= 15 is 0 Å². The zero-order valence-corrected chi connectivity index (χ0v) is 36.9. The van der Waals surface area contributed by atoms with Crippen molar-refractivity contribution in [1.29, 1.82) is 0 Å². The van der Waals surface area contributed by atoms with Gasteiger partial charge >= 0.3 is 0 Å². The third-order valence-electron chi connectivity index (χ3n) is 13.9. The van der Waals surface area contributed by atoms with Crippen molar-refractivity contribution in [3.63, 3.8) is 0 Å². The molecule has 0 amide bonds. The fourth-order valence-corrected chi connectivity index (χ4v) is 10.1. The molecule has 0 saturated heterocycles. The number of allylic oxidation sites excluding steroid dienone is 8. The Kier molecular flexibility index (Phi) is 9.76. The van der Waals surface area contributed by atoms with Crippen LogP contribution in [0.5, 0.6) is 0 Å². The Morgan fingerprint density at radius 2 is 0.985 bits per heavy atom. The van der Waals surface area contributed by atoms with E-state index in [9.17, 15) is 0 Å². The van der Waals surface area contributed by atoms with Crippen LogP contribution in [0.25, 0.3) is 99.7 Å². The van der Waals surface area contributed by atoms with Crippen LogP contribution >= 0.6 is 0 Å². The second-order valence-electron chi connectivity index (χ2n) is 18.0. The van der Waals surface area contributed by atoms with Crippen molar-refractivity contribution in [3.8, 4) is 72.4 Å². The molecule has 0 bridgehead atoms. The molecule has 0 N–H and O–H groups in total. The molecular formula is C65H47N. The van der Waals surface area contributed by atoms with Gasteiger partial charge in [-0.05, 0) is 138 Å². The third-order valence-corrected chi connectivity index (χ3v) is 13.9. The molecule has 0 spiro atoms. The Morgan fingerprint density at radius 1 is 0.409 bits per heavy atom. The fourth-order valence-electron chi connectivity index (χ4n) is 10.1. The number of benzene rings is 9. The largest absolute Gasteiger partial charge is 0.316 e. The Morgan fingerprint density at radius 3 is 1.74 bits per heavy atom. The van der Waals surface area contributed by atoms with Crippen LogP contribution in [0.2, 0.25) is 0 Å². The minimum atomic E-state index is 0.0467. The highest BCUT2D eigenvalue weighted by atomic mass is 15.0. The predicted molar refractivity (Wildman–Crippen MR) is 280 cm³/mol. The van der Waals surface area contributed by atoms with Gasteiger partial charge in [0.15, 0.2) is 0 Å². The van der Waals surface area contributed by atoms with Crippen LogP contribution in [0.1, 0.15) is 18.9 Å². The molecule has 0 fully saturated rings. The summed E-state index contributed by atoms with van der Waals surface area (Å²) in [6.45, 7) is 2.34. The van der Waals surface area contributed by atoms with Gasteiger partial charge in [0.05, 0.1) is 5.52 Å². The number of fused-ring (bicyclic) bond motifs is 3. The van der Waals surface area contributed by atoms with Crippen LogP contribution in [0.3, 0.4) is 0 Å². The van der Waals surface area contributed by atoms with E-state index in [2.05, 4.69) is 266 Å². The van der Waals surface area contributed by atoms with E-state index in [-0.39, 0.29) is 5.41 Å². The lowest BCUT2D eigenvalue weighted by molar-refractivity contribution is 0.528. The lowest BCUT2D eigenvalue weighted by Crippen LogP contribution is -2.19. The number of aromatic nitrogens is 1. The first-order valence-electron chi connectivity index (χ1n) is 23.0. The molecule has 12 rings (SSSR count). The molecule has 10 aromatic rings. The summed E-state index contributed by atoms with van der Waals surface area (Å²) in [5.41, 5.74) is 20.6. The van der Waals surface area contributed by atoms with Gasteiger partial charge < -0.3 is 4.57 Å². The van der Waals surface area contributed by atoms with E-state index in [1.165, 1.54) is 99.6 Å². The molecule has 312 valence electrons. The minimum absolute atomic E-state index is 0.0467. The van der Waals surface area contributed by atoms with Gasteiger partial charge in [-0.2, -0.15) is 0 Å². The minimum Gasteiger partial charge on any atom is -0.316 e. The Labute approximate surface area is 387 Å². The molecule has 66 heavy (non-hydrogen) atoms. The van der Waals surface area contributed by atoms with Gasteiger partial charge in [-0.25, -0.2) is 0 Å². The van der Waals surface area contributed by atoms with Crippen molar-refractivity contribution in [2.24, 2.45) is 5.41 Å². The Bertz CT molecular complexity index is 3580. The number of rotatable bonds is 8. The number of hydrogen-bond acceptors (Lipinski definition) is 0. The lowest BCUT2D eigenvalue weighted by Gasteiger charge is -2.32. The van der Waals surface area contributed by atoms with Crippen molar-refractivity contribution < 1.29 is 0 Å². The third kappa shape index (κ3) is 7.16. The maximum absolute atomic E-state index is 2.43. The molecule has 1 heterocycles. The van der Waals surface area contributed by atoms with Crippen LogP contribution in [-0.4, -0.2) is 4.57 Å². The first kappa shape index (κ1) is 39.3. The predicted octanol–water partition coefficient (Wildman–Crippen LogP) is 17.6. The van der Waals surface area contributed by atoms with Crippen molar-refractivity contribution in [3.05, 3.63) is 266 Å². The summed E-state index contributed by atoms with van der Waals surface area (Å²) in [6, 6.07) is 78.0. The van der Waals surface area contributed by atoms with E-state index in [1.807, 2.05) is 0 Å². The van der Waals surface area contributed by atoms with Crippen molar-refractivity contribution in [1.82, 2.24) is 4.57 Å². The van der Waals surface area contributed by atoms with Gasteiger partial charge in [0.25, 0.3) is 0 Å². The molecule has 0 radical (unpaired) electrons. The maximum Gasteiger partial charge on any atom is 0.0535 e. The summed E-state index contributed by atoms with van der Waals surface area (Å²) in [5, 5.41) is 3.69. The smallest absolute Gasteiger partial charge is 0.0535 e. The SMILES string of the molecule is CC12C=CC=CC1=CC(c1ccc(-c3ccc4c(c3)c(-c3ccc(-c5ccc6ccccc6c5)cc3-c3ccccc3)cn4-c3ccc(-c4ccccc4)cc3)c(-c3ccccc3)c1)=CC2. The van der Waals surface area contributed by atoms with Crippen LogP contribution in [0.4, 0.5) is 0 Å². The first-order chi connectivity index (χ1) is 32.5. The lowest BCUT2D eigenvalue weighted by atomic mass is 9.72. The number of nitrogens with zero attached hydrogens (tertiary/aromatic N) is 1. The highest BCUT2D eigenvalue weighted by Crippen LogP contribution is 2.46. The summed E-state index contributed by atoms with van der Waals surface area (Å²) in [6.07, 6.45) is 17.1. The van der Waals surface area contributed by atoms with Crippen LogP contribution in [0, 0.1) is 5.41 Å². The Balaban J connectivity index is 1.04. The standard InChI is InChI=1S/C65H47N/c1-65-37-14-13-23-56(65)40-54(36-38-65)53-28-33-58(60(41-53)48-18-7-3-8-19-48)55-30-35-64-62(43-55)63(44-66(64)57-31-26-47(27-32-57)45-15-5-2-6-16-45)59-34-29-52(42-61(59)49-20-9-4-10-21-49)51-25-24-46-17-11-12-22-50(46)39-51/h2-37,39-44H,38H2,1H3. The topological polar surface area (TPSA) is 4.93 Å². The zero-order valence-electron chi connectivity index (χ0n) is 36.9. The molecule has 0 saturated carbocycles. The summed E-state index contributed by atoms with van der Waals surface area (Å²) < 4.78 is 2.38. The average molecular weight is 842 g/mol. The maximum atomic E-state index is 2.43. The first-order valence-corrected chi connectivity index (χ1v) is 23.0. The highest BCUT2D eigenvalue weighted by molar-refractivity contribution is 6.04. The van der Waals surface area contributed by atoms with E-state index in [1.54, 1.807) is 0 Å². The summed E-state index contributed by atoms with van der Waals surface area (Å²) >= 11 is 0. The van der Waals surface area contributed by atoms with E-state index in [4.69, 9.17) is 0 Å². The van der Waals surface area contributed by atoms with Crippen molar-refractivity contribution in [2.75, 3.05) is 0 Å². The van der Waals surface area contributed by atoms with Gasteiger partial charge in [0.2, 0.25) is 0 Å². The monoisotopic (exact) mass is 841 g/mol. The quantitative estimate of drug-likeness (QED) is 0.144. The molecule has 0 aliphatic heterocycles. The highest BCUT2D eigenvalue weighted by Gasteiger charge is 2.28. The fraction of sp³-hybridized carbons (Fsp3) is 0.0462. The average Bonchev–Trinajstić information content (AvgIpc) is 3.77. The zero-order chi connectivity index (χ0) is 44.0. The van der Waals surface area contributed by atoms with Gasteiger partial charge in [-0.1, -0.05) is 213 Å². The molecule has 1 nitrogen and oxygen atoms in total. The molecule has 1 atom stereocenters. The molecule has 2 aliphatic carbocycles. The summed E-state index contributed by atoms with van der Waals surface area (Å²) in [5.74, 6) is 0. The summed E-state index contributed by atoms with van der Waals surface area (Å²) in [4.78, 5) is 0. The molecule has 1 heteroatoms. The molecule has 9 aromatic carbocycles. The van der Waals surface area contributed by atoms with E-state index < -0.39 is 0 Å². The molecule has 1 unspecified atom stereocenters. The Hall–Kier alpha value is -8.26. The molecule has 2 aliphatic rings. The number of hydrogen-bond donors (Lipinski definition) is 0. The normalized spacial score (nSPS) is 15.4. The van der Waals surface area contributed by atoms with Crippen LogP contribution < -0.4 is 0 Å². The van der Waals surface area contributed by atoms with Gasteiger partial charge in [0.1, 0.15) is 0 Å². The van der Waals surface area contributed by atoms with Crippen molar-refractivity contribution in [2.45, 2.75) is 13.3 Å². The van der Waals surface area contributed by atoms with Crippen molar-refractivity contribution >= 4 is 27.2 Å². The van der Waals surface area contributed by atoms with Crippen LogP contribution in [0.15, 0.2) is 261 Å². The van der Waals surface area contributed by atoms with Gasteiger partial charge in [-0.3, -0.25) is 0 Å². The second-order valence-corrected chi connectivity index (χ2v) is 18.0. The second kappa shape index (κ2) is 16.4. The molecular weight excluding hydrogens is 795 g/mol.